The van der Waals surface area contributed by atoms with Gasteiger partial charge in [0.15, 0.2) is 15.7 Å². The van der Waals surface area contributed by atoms with Crippen molar-refractivity contribution in [1.29, 1.82) is 10.7 Å². The molecule has 104 valence electrons. The fourth-order valence-corrected chi connectivity index (χ4v) is 2.31. The molecule has 20 heavy (non-hydrogen) atoms. The first kappa shape index (κ1) is 15.4. The van der Waals surface area contributed by atoms with Crippen molar-refractivity contribution in [2.75, 3.05) is 11.2 Å². The van der Waals surface area contributed by atoms with Crippen LogP contribution in [0.5, 0.6) is 0 Å². The molecule has 1 aromatic carbocycles. The Bertz CT molecular complexity index is 684. The van der Waals surface area contributed by atoms with Crippen LogP contribution in [0.15, 0.2) is 46.9 Å². The van der Waals surface area contributed by atoms with Gasteiger partial charge in [-0.25, -0.2) is 8.42 Å². The molecule has 4 N–H and O–H groups in total. The fourth-order valence-electron chi connectivity index (χ4n) is 1.25. The number of nitriles is 1. The SMILES string of the molecule is C=CCS(=O)(=O)c1ccc(N/N=C(\C#N)C(=N)N)cc1. The minimum Gasteiger partial charge on any atom is -0.382 e. The van der Waals surface area contributed by atoms with Gasteiger partial charge in [0.2, 0.25) is 5.71 Å². The molecule has 1 rings (SSSR count). The number of benzene rings is 1. The number of amidine groups is 1. The van der Waals surface area contributed by atoms with Gasteiger partial charge in [-0.2, -0.15) is 10.4 Å². The van der Waals surface area contributed by atoms with Gasteiger partial charge in [-0.05, 0) is 24.3 Å². The van der Waals surface area contributed by atoms with Gasteiger partial charge in [-0.1, -0.05) is 6.08 Å². The first-order valence-electron chi connectivity index (χ1n) is 5.42. The zero-order chi connectivity index (χ0) is 15.2. The van der Waals surface area contributed by atoms with Crippen LogP contribution in [0, 0.1) is 16.7 Å². The Kier molecular flexibility index (Phi) is 5.00. The Morgan fingerprint density at radius 2 is 2.10 bits per heavy atom. The van der Waals surface area contributed by atoms with Gasteiger partial charge in [-0.15, -0.1) is 6.58 Å². The van der Waals surface area contributed by atoms with Crippen molar-refractivity contribution in [2.45, 2.75) is 4.90 Å². The maximum absolute atomic E-state index is 11.7. The molecule has 0 heterocycles. The summed E-state index contributed by atoms with van der Waals surface area (Å²) >= 11 is 0. The van der Waals surface area contributed by atoms with E-state index < -0.39 is 15.7 Å². The maximum atomic E-state index is 11.7. The summed E-state index contributed by atoms with van der Waals surface area (Å²) in [5.41, 5.74) is 7.86. The van der Waals surface area contributed by atoms with Crippen molar-refractivity contribution in [2.24, 2.45) is 10.8 Å². The Morgan fingerprint density at radius 3 is 2.55 bits per heavy atom. The van der Waals surface area contributed by atoms with Crippen LogP contribution in [0.1, 0.15) is 0 Å². The highest BCUT2D eigenvalue weighted by Crippen LogP contribution is 2.15. The lowest BCUT2D eigenvalue weighted by atomic mass is 10.3. The molecule has 1 aromatic rings. The molecule has 7 nitrogen and oxygen atoms in total. The van der Waals surface area contributed by atoms with Crippen LogP contribution < -0.4 is 11.2 Å². The molecule has 0 bridgehead atoms. The quantitative estimate of drug-likeness (QED) is 0.309. The van der Waals surface area contributed by atoms with E-state index in [1.807, 2.05) is 0 Å². The molecule has 0 radical (unpaired) electrons. The van der Waals surface area contributed by atoms with Gasteiger partial charge < -0.3 is 5.73 Å². The topological polar surface area (TPSA) is 132 Å². The molecule has 0 unspecified atom stereocenters. The molecule has 0 amide bonds. The average Bonchev–Trinajstić information content (AvgIpc) is 2.39. The highest BCUT2D eigenvalue weighted by molar-refractivity contribution is 7.91. The van der Waals surface area contributed by atoms with Gasteiger partial charge in [0.1, 0.15) is 6.07 Å². The third-order valence-electron chi connectivity index (χ3n) is 2.21. The number of rotatable bonds is 6. The normalized spacial score (nSPS) is 11.4. The lowest BCUT2D eigenvalue weighted by Gasteiger charge is -2.04. The second-order valence-electron chi connectivity index (χ2n) is 3.69. The summed E-state index contributed by atoms with van der Waals surface area (Å²) in [5, 5.41) is 19.4. The number of anilines is 1. The van der Waals surface area contributed by atoms with Crippen molar-refractivity contribution in [3.63, 3.8) is 0 Å². The van der Waals surface area contributed by atoms with Crippen molar-refractivity contribution in [3.05, 3.63) is 36.9 Å². The molecular formula is C12H13N5O2S. The lowest BCUT2D eigenvalue weighted by Crippen LogP contribution is -2.21. The number of nitrogens with two attached hydrogens (primary N) is 1. The van der Waals surface area contributed by atoms with Gasteiger partial charge in [0.25, 0.3) is 0 Å². The third kappa shape index (κ3) is 3.93. The number of nitrogens with one attached hydrogen (secondary N) is 2. The molecule has 0 aliphatic rings. The smallest absolute Gasteiger partial charge is 0.201 e. The Labute approximate surface area is 116 Å². The average molecular weight is 291 g/mol. The standard InChI is InChI=1S/C12H13N5O2S/c1-2-7-20(18,19)10-5-3-9(4-6-10)16-17-11(8-13)12(14)15/h2-6,16H,1,7H2,(H3,14,15)/b17-11+. The summed E-state index contributed by atoms with van der Waals surface area (Å²) in [5.74, 6) is -0.592. The van der Waals surface area contributed by atoms with Gasteiger partial charge in [-0.3, -0.25) is 10.8 Å². The predicted octanol–water partition coefficient (Wildman–Crippen LogP) is 0.874. The van der Waals surface area contributed by atoms with E-state index >= 15 is 0 Å². The van der Waals surface area contributed by atoms with Crippen LogP contribution in [0.25, 0.3) is 0 Å². The molecular weight excluding hydrogens is 278 g/mol. The largest absolute Gasteiger partial charge is 0.382 e. The van der Waals surface area contributed by atoms with Crippen molar-refractivity contribution >= 4 is 27.1 Å². The van der Waals surface area contributed by atoms with Crippen LogP contribution in [0.3, 0.4) is 0 Å². The monoisotopic (exact) mass is 291 g/mol. The minimum atomic E-state index is -3.36. The van der Waals surface area contributed by atoms with Crippen LogP contribution in [0.2, 0.25) is 0 Å². The van der Waals surface area contributed by atoms with Crippen LogP contribution in [-0.2, 0) is 9.84 Å². The Balaban J connectivity index is 2.91. The van der Waals surface area contributed by atoms with E-state index in [1.165, 1.54) is 30.3 Å². The van der Waals surface area contributed by atoms with E-state index in [-0.39, 0.29) is 16.4 Å². The first-order valence-corrected chi connectivity index (χ1v) is 7.08. The predicted molar refractivity (Wildman–Crippen MR) is 77.3 cm³/mol. The van der Waals surface area contributed by atoms with Crippen LogP contribution in [-0.4, -0.2) is 25.7 Å². The number of nitrogens with zero attached hydrogens (tertiary/aromatic N) is 2. The summed E-state index contributed by atoms with van der Waals surface area (Å²) < 4.78 is 23.5. The second kappa shape index (κ2) is 6.49. The Hall–Kier alpha value is -2.66. The summed E-state index contributed by atoms with van der Waals surface area (Å²) in [6.45, 7) is 3.39. The summed E-state index contributed by atoms with van der Waals surface area (Å²) in [4.78, 5) is 0.166. The highest BCUT2D eigenvalue weighted by Gasteiger charge is 2.11. The summed E-state index contributed by atoms with van der Waals surface area (Å²) in [6, 6.07) is 7.47. The summed E-state index contributed by atoms with van der Waals surface area (Å²) in [7, 11) is -3.36. The number of hydrogen-bond donors (Lipinski definition) is 3. The fraction of sp³-hybridized carbons (Fsp3) is 0.0833. The van der Waals surface area contributed by atoms with Crippen molar-refractivity contribution in [3.8, 4) is 6.07 Å². The zero-order valence-electron chi connectivity index (χ0n) is 10.5. The van der Waals surface area contributed by atoms with Crippen molar-refractivity contribution in [1.82, 2.24) is 0 Å². The zero-order valence-corrected chi connectivity index (χ0v) is 11.3. The van der Waals surface area contributed by atoms with E-state index in [0.717, 1.165) is 0 Å². The minimum absolute atomic E-state index is 0.138. The molecule has 0 saturated carbocycles. The number of hydrogen-bond acceptors (Lipinski definition) is 6. The Morgan fingerprint density at radius 1 is 1.50 bits per heavy atom. The molecule has 0 atom stereocenters. The van der Waals surface area contributed by atoms with Gasteiger partial charge in [0.05, 0.1) is 16.3 Å². The molecule has 0 saturated heterocycles. The first-order chi connectivity index (χ1) is 9.40. The van der Waals surface area contributed by atoms with Crippen LogP contribution in [0.4, 0.5) is 5.69 Å². The van der Waals surface area contributed by atoms with Crippen LogP contribution >= 0.6 is 0 Å². The third-order valence-corrected chi connectivity index (χ3v) is 3.87. The summed E-state index contributed by atoms with van der Waals surface area (Å²) in [6.07, 6.45) is 1.32. The van der Waals surface area contributed by atoms with Crippen molar-refractivity contribution < 1.29 is 8.42 Å². The van der Waals surface area contributed by atoms with Gasteiger partial charge >= 0.3 is 0 Å². The van der Waals surface area contributed by atoms with E-state index in [0.29, 0.717) is 5.69 Å². The second-order valence-corrected chi connectivity index (χ2v) is 5.73. The highest BCUT2D eigenvalue weighted by atomic mass is 32.2. The van der Waals surface area contributed by atoms with E-state index in [1.54, 1.807) is 6.07 Å². The maximum Gasteiger partial charge on any atom is 0.201 e. The van der Waals surface area contributed by atoms with E-state index in [2.05, 4.69) is 17.1 Å². The molecule has 8 heteroatoms. The number of sulfone groups is 1. The molecule has 0 aromatic heterocycles. The number of hydrazone groups is 1. The molecule has 0 fully saturated rings. The molecule has 0 spiro atoms. The van der Waals surface area contributed by atoms with Gasteiger partial charge in [0, 0.05) is 0 Å². The molecule has 0 aliphatic carbocycles. The molecule has 0 aliphatic heterocycles. The van der Waals surface area contributed by atoms with E-state index in [9.17, 15) is 8.42 Å². The lowest BCUT2D eigenvalue weighted by molar-refractivity contribution is 0.599. The van der Waals surface area contributed by atoms with E-state index in [4.69, 9.17) is 16.4 Å².